The third kappa shape index (κ3) is 4.54. The molecule has 0 saturated heterocycles. The molecular weight excluding hydrogens is 377 g/mol. The van der Waals surface area contributed by atoms with E-state index in [1.54, 1.807) is 0 Å². The van der Waals surface area contributed by atoms with Crippen LogP contribution in [0.25, 0.3) is 0 Å². The zero-order valence-corrected chi connectivity index (χ0v) is 14.6. The van der Waals surface area contributed by atoms with Crippen molar-refractivity contribution in [1.29, 1.82) is 0 Å². The van der Waals surface area contributed by atoms with Gasteiger partial charge in [0.25, 0.3) is 5.91 Å². The molecule has 0 saturated carbocycles. The normalized spacial score (nSPS) is 11.7. The minimum Gasteiger partial charge on any atom is -0.508 e. The summed E-state index contributed by atoms with van der Waals surface area (Å²) in [6.07, 6.45) is -1.09. The molecule has 0 bridgehead atoms. The lowest BCUT2D eigenvalue weighted by atomic mass is 10.2. The van der Waals surface area contributed by atoms with Gasteiger partial charge in [0, 0.05) is 5.02 Å². The van der Waals surface area contributed by atoms with Crippen molar-refractivity contribution in [3.05, 3.63) is 57.0 Å². The van der Waals surface area contributed by atoms with Crippen LogP contribution in [0, 0.1) is 0 Å². The number of nitrogens with one attached hydrogen (secondary N) is 1. The van der Waals surface area contributed by atoms with E-state index in [0.717, 1.165) is 0 Å². The van der Waals surface area contributed by atoms with Crippen LogP contribution in [-0.2, 0) is 9.53 Å². The summed E-state index contributed by atoms with van der Waals surface area (Å²) >= 11 is 17.8. The second-order valence-corrected chi connectivity index (χ2v) is 6.08. The number of amides is 1. The number of ether oxygens (including phenoxy) is 1. The Morgan fingerprint density at radius 3 is 2.17 bits per heavy atom. The van der Waals surface area contributed by atoms with E-state index >= 15 is 0 Å². The summed E-state index contributed by atoms with van der Waals surface area (Å²) in [7, 11) is 0. The van der Waals surface area contributed by atoms with Gasteiger partial charge in [-0.15, -0.1) is 0 Å². The maximum absolute atomic E-state index is 12.1. The molecule has 2 rings (SSSR count). The Bertz CT molecular complexity index is 754. The van der Waals surface area contributed by atoms with E-state index in [-0.39, 0.29) is 27.0 Å². The topological polar surface area (TPSA) is 75.6 Å². The number of phenols is 1. The number of hydrogen-bond acceptors (Lipinski definition) is 4. The molecule has 1 amide bonds. The highest BCUT2D eigenvalue weighted by Crippen LogP contribution is 2.33. The highest BCUT2D eigenvalue weighted by Gasteiger charge is 2.21. The third-order valence-electron chi connectivity index (χ3n) is 3.01. The van der Waals surface area contributed by atoms with E-state index in [9.17, 15) is 14.7 Å². The van der Waals surface area contributed by atoms with E-state index < -0.39 is 18.0 Å². The molecule has 0 aliphatic carbocycles. The molecule has 0 aromatic heterocycles. The van der Waals surface area contributed by atoms with Gasteiger partial charge in [-0.2, -0.15) is 0 Å². The predicted octanol–water partition coefficient (Wildman–Crippen LogP) is 4.54. The first-order valence-electron chi connectivity index (χ1n) is 6.73. The Labute approximate surface area is 153 Å². The maximum atomic E-state index is 12.1. The minimum absolute atomic E-state index is 0.0179. The molecular formula is C16H12Cl3NO4. The van der Waals surface area contributed by atoms with Crippen LogP contribution < -0.4 is 5.32 Å². The van der Waals surface area contributed by atoms with Crippen LogP contribution in [0.4, 0.5) is 5.69 Å². The first-order valence-corrected chi connectivity index (χ1v) is 7.86. The molecule has 126 valence electrons. The number of halogens is 3. The fourth-order valence-corrected chi connectivity index (χ4v) is 2.68. The number of carbonyl (C=O) groups excluding carboxylic acids is 2. The number of benzene rings is 2. The fraction of sp³-hybridized carbons (Fsp3) is 0.125. The summed E-state index contributed by atoms with van der Waals surface area (Å²) in [5.41, 5.74) is 0.385. The zero-order chi connectivity index (χ0) is 17.9. The van der Waals surface area contributed by atoms with Gasteiger partial charge in [-0.05, 0) is 43.3 Å². The summed E-state index contributed by atoms with van der Waals surface area (Å²) in [6.45, 7) is 1.41. The molecule has 5 nitrogen and oxygen atoms in total. The number of rotatable bonds is 4. The summed E-state index contributed by atoms with van der Waals surface area (Å²) in [5, 5.41) is 12.3. The van der Waals surface area contributed by atoms with Crippen LogP contribution in [-0.4, -0.2) is 23.1 Å². The molecule has 0 aliphatic rings. The highest BCUT2D eigenvalue weighted by atomic mass is 35.5. The summed E-state index contributed by atoms with van der Waals surface area (Å²) < 4.78 is 5.07. The van der Waals surface area contributed by atoms with E-state index in [0.29, 0.717) is 5.02 Å². The molecule has 0 spiro atoms. The molecule has 0 fully saturated rings. The summed E-state index contributed by atoms with van der Waals surface area (Å²) in [4.78, 5) is 24.1. The smallest absolute Gasteiger partial charge is 0.338 e. The van der Waals surface area contributed by atoms with Gasteiger partial charge in [0.15, 0.2) is 6.10 Å². The number of esters is 1. The van der Waals surface area contributed by atoms with Crippen LogP contribution in [0.5, 0.6) is 5.75 Å². The highest BCUT2D eigenvalue weighted by molar-refractivity contribution is 6.42. The van der Waals surface area contributed by atoms with E-state index in [1.807, 2.05) is 0 Å². The quantitative estimate of drug-likeness (QED) is 0.754. The molecule has 8 heteroatoms. The van der Waals surface area contributed by atoms with Crippen LogP contribution in [0.1, 0.15) is 17.3 Å². The summed E-state index contributed by atoms with van der Waals surface area (Å²) in [5.74, 6) is -1.29. The first kappa shape index (κ1) is 18.4. The van der Waals surface area contributed by atoms with Gasteiger partial charge in [0.2, 0.25) is 0 Å². The zero-order valence-electron chi connectivity index (χ0n) is 12.3. The monoisotopic (exact) mass is 387 g/mol. The van der Waals surface area contributed by atoms with Gasteiger partial charge in [-0.3, -0.25) is 4.79 Å². The van der Waals surface area contributed by atoms with Crippen molar-refractivity contribution in [1.82, 2.24) is 0 Å². The number of aromatic hydroxyl groups is 1. The van der Waals surface area contributed by atoms with Crippen molar-refractivity contribution in [2.45, 2.75) is 13.0 Å². The van der Waals surface area contributed by atoms with E-state index in [2.05, 4.69) is 5.32 Å². The van der Waals surface area contributed by atoms with Gasteiger partial charge in [-0.1, -0.05) is 34.8 Å². The van der Waals surface area contributed by atoms with Gasteiger partial charge in [-0.25, -0.2) is 4.79 Å². The van der Waals surface area contributed by atoms with Crippen molar-refractivity contribution in [2.75, 3.05) is 5.32 Å². The second kappa shape index (κ2) is 7.75. The van der Waals surface area contributed by atoms with E-state index in [1.165, 1.54) is 43.3 Å². The van der Waals surface area contributed by atoms with Crippen molar-refractivity contribution in [3.8, 4) is 5.75 Å². The Balaban J connectivity index is 2.05. The van der Waals surface area contributed by atoms with E-state index in [4.69, 9.17) is 39.5 Å². The van der Waals surface area contributed by atoms with Crippen LogP contribution in [0.3, 0.4) is 0 Å². The molecule has 2 aromatic rings. The van der Waals surface area contributed by atoms with Crippen LogP contribution in [0.15, 0.2) is 36.4 Å². The van der Waals surface area contributed by atoms with Gasteiger partial charge in [0.1, 0.15) is 5.75 Å². The standard InChI is InChI=1S/C16H12Cl3NO4/c1-8(24-16(23)9-2-4-11(21)5-3-9)15(22)20-14-12(18)6-10(17)7-13(14)19/h2-8,21H,1H3,(H,20,22)/t8-/m0/s1. The summed E-state index contributed by atoms with van der Waals surface area (Å²) in [6, 6.07) is 8.31. The molecule has 0 aliphatic heterocycles. The number of phenolic OH excluding ortho intramolecular Hbond substituents is 1. The fourth-order valence-electron chi connectivity index (χ4n) is 1.77. The van der Waals surface area contributed by atoms with Crippen molar-refractivity contribution in [2.24, 2.45) is 0 Å². The van der Waals surface area contributed by atoms with Gasteiger partial charge >= 0.3 is 5.97 Å². The van der Waals surface area contributed by atoms with Crippen molar-refractivity contribution >= 4 is 52.4 Å². The second-order valence-electron chi connectivity index (χ2n) is 4.83. The average Bonchev–Trinajstić information content (AvgIpc) is 2.51. The first-order chi connectivity index (χ1) is 11.3. The van der Waals surface area contributed by atoms with Crippen molar-refractivity contribution < 1.29 is 19.4 Å². The number of carbonyl (C=O) groups is 2. The van der Waals surface area contributed by atoms with Crippen LogP contribution in [0.2, 0.25) is 15.1 Å². The average molecular weight is 389 g/mol. The Morgan fingerprint density at radius 2 is 1.62 bits per heavy atom. The lowest BCUT2D eigenvalue weighted by Crippen LogP contribution is -2.30. The SMILES string of the molecule is C[C@H](OC(=O)c1ccc(O)cc1)C(=O)Nc1c(Cl)cc(Cl)cc1Cl. The maximum Gasteiger partial charge on any atom is 0.338 e. The predicted molar refractivity (Wildman–Crippen MR) is 93.1 cm³/mol. The Kier molecular flexibility index (Phi) is 5.94. The number of anilines is 1. The van der Waals surface area contributed by atoms with Gasteiger partial charge in [0.05, 0.1) is 21.3 Å². The molecule has 2 aromatic carbocycles. The van der Waals surface area contributed by atoms with Crippen molar-refractivity contribution in [3.63, 3.8) is 0 Å². The lowest BCUT2D eigenvalue weighted by molar-refractivity contribution is -0.123. The Morgan fingerprint density at radius 1 is 1.08 bits per heavy atom. The largest absolute Gasteiger partial charge is 0.508 e. The Hall–Kier alpha value is -1.95. The number of hydrogen-bond donors (Lipinski definition) is 2. The van der Waals surface area contributed by atoms with Crippen LogP contribution >= 0.6 is 34.8 Å². The molecule has 2 N–H and O–H groups in total. The lowest BCUT2D eigenvalue weighted by Gasteiger charge is -2.15. The molecule has 0 unspecified atom stereocenters. The molecule has 0 radical (unpaired) electrons. The van der Waals surface area contributed by atoms with Gasteiger partial charge < -0.3 is 15.2 Å². The minimum atomic E-state index is -1.09. The molecule has 0 heterocycles. The molecule has 24 heavy (non-hydrogen) atoms. The third-order valence-corrected chi connectivity index (χ3v) is 3.83. The molecule has 1 atom stereocenters.